The second kappa shape index (κ2) is 12.0. The van der Waals surface area contributed by atoms with Gasteiger partial charge in [0.25, 0.3) is 0 Å². The van der Waals surface area contributed by atoms with Gasteiger partial charge in [-0.15, -0.1) is 34.2 Å². The maximum absolute atomic E-state index is 13.0. The molecule has 0 radical (unpaired) electrons. The van der Waals surface area contributed by atoms with Crippen molar-refractivity contribution in [1.82, 2.24) is 25.0 Å². The molecule has 0 spiro atoms. The molecule has 0 amide bonds. The summed E-state index contributed by atoms with van der Waals surface area (Å²) >= 11 is 0. The molecule has 166 valence electrons. The summed E-state index contributed by atoms with van der Waals surface area (Å²) in [7, 11) is 3.89. The number of halogens is 2. The number of likely N-dealkylation sites (N-methyl/N-ethyl adjacent to an activating group) is 1. The summed E-state index contributed by atoms with van der Waals surface area (Å²) in [4.78, 5) is 6.72. The van der Waals surface area contributed by atoms with E-state index in [1.165, 1.54) is 12.1 Å². The number of guanidine groups is 1. The van der Waals surface area contributed by atoms with Crippen molar-refractivity contribution in [2.24, 2.45) is 12.0 Å². The van der Waals surface area contributed by atoms with E-state index in [9.17, 15) is 4.39 Å². The van der Waals surface area contributed by atoms with Gasteiger partial charge in [0.2, 0.25) is 0 Å². The molecule has 0 aliphatic carbocycles. The monoisotopic (exact) mass is 532 g/mol. The van der Waals surface area contributed by atoms with Gasteiger partial charge in [-0.3, -0.25) is 0 Å². The molecule has 0 bridgehead atoms. The van der Waals surface area contributed by atoms with Crippen molar-refractivity contribution in [2.45, 2.75) is 32.4 Å². The van der Waals surface area contributed by atoms with E-state index in [0.29, 0.717) is 32.0 Å². The number of hydrogen-bond donors (Lipinski definition) is 1. The van der Waals surface area contributed by atoms with Crippen molar-refractivity contribution in [3.05, 3.63) is 41.7 Å². The van der Waals surface area contributed by atoms with Crippen LogP contribution in [0.4, 0.5) is 4.39 Å². The van der Waals surface area contributed by atoms with E-state index in [1.54, 1.807) is 12.1 Å². The zero-order valence-electron chi connectivity index (χ0n) is 17.7. The molecule has 1 aliphatic rings. The maximum Gasteiger partial charge on any atom is 0.194 e. The molecule has 1 saturated heterocycles. The number of aliphatic imine (C=N–C) groups is 1. The van der Waals surface area contributed by atoms with Gasteiger partial charge in [-0.25, -0.2) is 9.38 Å². The zero-order valence-corrected chi connectivity index (χ0v) is 20.0. The average molecular weight is 532 g/mol. The highest BCUT2D eigenvalue weighted by atomic mass is 127. The van der Waals surface area contributed by atoms with Crippen LogP contribution in [-0.4, -0.2) is 65.1 Å². The van der Waals surface area contributed by atoms with Crippen LogP contribution in [0.25, 0.3) is 0 Å². The fraction of sp³-hybridized carbons (Fsp3) is 0.550. The van der Waals surface area contributed by atoms with Crippen molar-refractivity contribution in [2.75, 3.05) is 33.4 Å². The summed E-state index contributed by atoms with van der Waals surface area (Å²) in [5, 5.41) is 11.7. The highest BCUT2D eigenvalue weighted by Gasteiger charge is 2.17. The molecule has 10 heteroatoms. The van der Waals surface area contributed by atoms with Crippen LogP contribution in [0, 0.1) is 12.7 Å². The first kappa shape index (κ1) is 24.3. The Labute approximate surface area is 193 Å². The number of nitrogens with one attached hydrogen (secondary N) is 1. The van der Waals surface area contributed by atoms with Crippen molar-refractivity contribution in [1.29, 1.82) is 0 Å². The molecule has 0 saturated carbocycles. The molecular formula is C20H30FIN6O2. The normalized spacial score (nSPS) is 16.3. The highest BCUT2D eigenvalue weighted by Crippen LogP contribution is 2.12. The van der Waals surface area contributed by atoms with Crippen LogP contribution < -0.4 is 10.1 Å². The Balaban J connectivity index is 0.00000320. The highest BCUT2D eigenvalue weighted by molar-refractivity contribution is 14.0. The van der Waals surface area contributed by atoms with E-state index in [0.717, 1.165) is 37.1 Å². The molecule has 1 N–H and O–H groups in total. The van der Waals surface area contributed by atoms with E-state index in [1.807, 2.05) is 30.5 Å². The molecule has 1 aliphatic heterocycles. The van der Waals surface area contributed by atoms with E-state index < -0.39 is 0 Å². The van der Waals surface area contributed by atoms with Gasteiger partial charge in [0.15, 0.2) is 11.8 Å². The maximum atomic E-state index is 13.0. The van der Waals surface area contributed by atoms with Gasteiger partial charge in [0.1, 0.15) is 30.5 Å². The van der Waals surface area contributed by atoms with E-state index in [-0.39, 0.29) is 35.9 Å². The predicted molar refractivity (Wildman–Crippen MR) is 124 cm³/mol. The van der Waals surface area contributed by atoms with Crippen molar-refractivity contribution in [3.8, 4) is 5.75 Å². The number of ether oxygens (including phenoxy) is 2. The van der Waals surface area contributed by atoms with E-state index in [2.05, 4.69) is 15.5 Å². The molecule has 1 aromatic heterocycles. The van der Waals surface area contributed by atoms with Gasteiger partial charge in [-0.1, -0.05) is 0 Å². The van der Waals surface area contributed by atoms with Gasteiger partial charge in [0.05, 0.1) is 12.6 Å². The molecule has 30 heavy (non-hydrogen) atoms. The average Bonchev–Trinajstić information content (AvgIpc) is 3.34. The summed E-state index contributed by atoms with van der Waals surface area (Å²) in [6, 6.07) is 6.02. The molecule has 8 nitrogen and oxygen atoms in total. The van der Waals surface area contributed by atoms with Gasteiger partial charge >= 0.3 is 0 Å². The number of nitrogens with zero attached hydrogens (tertiary/aromatic N) is 5. The Morgan fingerprint density at radius 1 is 1.37 bits per heavy atom. The zero-order chi connectivity index (χ0) is 20.6. The Morgan fingerprint density at radius 3 is 2.77 bits per heavy atom. The fourth-order valence-corrected chi connectivity index (χ4v) is 2.99. The van der Waals surface area contributed by atoms with Crippen LogP contribution in [0.3, 0.4) is 0 Å². The minimum atomic E-state index is -0.277. The molecular weight excluding hydrogens is 502 g/mol. The molecule has 2 aromatic rings. The van der Waals surface area contributed by atoms with Gasteiger partial charge in [0, 0.05) is 27.2 Å². The van der Waals surface area contributed by atoms with Crippen LogP contribution in [0.5, 0.6) is 5.75 Å². The standard InChI is InChI=1S/C20H29FN6O2.HI/c1-15-24-25-19(27(15)3)14-23-20(22-13-18-5-4-11-28-18)26(2)10-12-29-17-8-6-16(21)7-9-17;/h6-9,18H,4-5,10-14H2,1-3H3,(H,22,23);1H. The lowest BCUT2D eigenvalue weighted by Gasteiger charge is -2.23. The lowest BCUT2D eigenvalue weighted by molar-refractivity contribution is 0.113. The van der Waals surface area contributed by atoms with Crippen LogP contribution in [-0.2, 0) is 18.3 Å². The second-order valence-electron chi connectivity index (χ2n) is 7.10. The van der Waals surface area contributed by atoms with Crippen LogP contribution in [0.2, 0.25) is 0 Å². The topological polar surface area (TPSA) is 76.8 Å². The number of rotatable bonds is 8. The van der Waals surface area contributed by atoms with Crippen molar-refractivity contribution < 1.29 is 13.9 Å². The molecule has 2 heterocycles. The first-order valence-electron chi connectivity index (χ1n) is 9.87. The lowest BCUT2D eigenvalue weighted by atomic mass is 10.2. The summed E-state index contributed by atoms with van der Waals surface area (Å²) in [5.74, 6) is 2.77. The summed E-state index contributed by atoms with van der Waals surface area (Å²) in [6.45, 7) is 4.93. The molecule has 1 atom stereocenters. The number of aryl methyl sites for hydroxylation is 1. The molecule has 3 rings (SSSR count). The minimum Gasteiger partial charge on any atom is -0.492 e. The minimum absolute atomic E-state index is 0. The second-order valence-corrected chi connectivity index (χ2v) is 7.10. The summed E-state index contributed by atoms with van der Waals surface area (Å²) < 4.78 is 26.3. The fourth-order valence-electron chi connectivity index (χ4n) is 2.99. The smallest absolute Gasteiger partial charge is 0.194 e. The summed E-state index contributed by atoms with van der Waals surface area (Å²) in [6.07, 6.45) is 2.36. The lowest BCUT2D eigenvalue weighted by Crippen LogP contribution is -2.43. The third-order valence-electron chi connectivity index (χ3n) is 4.94. The number of benzene rings is 1. The van der Waals surface area contributed by atoms with Gasteiger partial charge in [-0.05, 0) is 44.0 Å². The Morgan fingerprint density at radius 2 is 2.13 bits per heavy atom. The largest absolute Gasteiger partial charge is 0.492 e. The first-order chi connectivity index (χ1) is 14.0. The predicted octanol–water partition coefficient (Wildman–Crippen LogP) is 2.52. The van der Waals surface area contributed by atoms with Crippen molar-refractivity contribution in [3.63, 3.8) is 0 Å². The third kappa shape index (κ3) is 7.08. The van der Waals surface area contributed by atoms with E-state index >= 15 is 0 Å². The Kier molecular flexibility index (Phi) is 9.76. The van der Waals surface area contributed by atoms with Crippen LogP contribution in [0.15, 0.2) is 29.3 Å². The van der Waals surface area contributed by atoms with Gasteiger partial charge in [-0.2, -0.15) is 0 Å². The molecule has 1 unspecified atom stereocenters. The number of hydrogen-bond acceptors (Lipinski definition) is 5. The van der Waals surface area contributed by atoms with Crippen molar-refractivity contribution >= 4 is 29.9 Å². The summed E-state index contributed by atoms with van der Waals surface area (Å²) in [5.41, 5.74) is 0. The quantitative estimate of drug-likeness (QED) is 0.320. The first-order valence-corrected chi connectivity index (χ1v) is 9.87. The van der Waals surface area contributed by atoms with Crippen LogP contribution >= 0.6 is 24.0 Å². The molecule has 1 fully saturated rings. The Hall–Kier alpha value is -1.95. The third-order valence-corrected chi connectivity index (χ3v) is 4.94. The van der Waals surface area contributed by atoms with E-state index in [4.69, 9.17) is 14.5 Å². The number of aromatic nitrogens is 3. The SMILES string of the molecule is Cc1nnc(CN=C(NCC2CCCO2)N(C)CCOc2ccc(F)cc2)n1C.I. The van der Waals surface area contributed by atoms with Gasteiger partial charge < -0.3 is 24.3 Å². The van der Waals surface area contributed by atoms with Crippen LogP contribution in [0.1, 0.15) is 24.5 Å². The Bertz CT molecular complexity index is 808. The molecule has 1 aromatic carbocycles.